The molecule has 0 unspecified atom stereocenters. The van der Waals surface area contributed by atoms with Crippen LogP contribution in [0.3, 0.4) is 0 Å². The van der Waals surface area contributed by atoms with Gasteiger partial charge in [0, 0.05) is 20.9 Å². The van der Waals surface area contributed by atoms with E-state index in [1.54, 1.807) is 11.3 Å². The molecule has 0 atom stereocenters. The minimum absolute atomic E-state index is 0.137. The first-order valence-electron chi connectivity index (χ1n) is 6.67. The summed E-state index contributed by atoms with van der Waals surface area (Å²) in [5.74, 6) is 0. The van der Waals surface area contributed by atoms with Crippen LogP contribution < -0.4 is 0 Å². The van der Waals surface area contributed by atoms with Gasteiger partial charge >= 0.3 is 0 Å². The average molecular weight is 294 g/mol. The summed E-state index contributed by atoms with van der Waals surface area (Å²) in [5.41, 5.74) is 3.32. The Morgan fingerprint density at radius 2 is 1.38 bits per heavy atom. The zero-order valence-electron chi connectivity index (χ0n) is 11.3. The highest BCUT2D eigenvalue weighted by Gasteiger charge is 2.19. The number of carbonyl (C=O) groups excluding carboxylic acids is 1. The van der Waals surface area contributed by atoms with Crippen LogP contribution in [0.4, 0.5) is 0 Å². The monoisotopic (exact) mass is 294 g/mol. The standard InChI is InChI=1S/C18H14O2S/c19-11-15-16(12-20)18(14-9-5-2-6-10-14)21-17(15)13-7-3-1-4-8-13/h1-11,20H,12H2. The second kappa shape index (κ2) is 6.04. The van der Waals surface area contributed by atoms with E-state index in [9.17, 15) is 9.90 Å². The lowest BCUT2D eigenvalue weighted by molar-refractivity contribution is 0.112. The Bertz CT molecular complexity index is 746. The van der Waals surface area contributed by atoms with Crippen LogP contribution in [0.15, 0.2) is 60.7 Å². The fourth-order valence-corrected chi connectivity index (χ4v) is 3.68. The van der Waals surface area contributed by atoms with Gasteiger partial charge in [0.2, 0.25) is 0 Å². The second-order valence-corrected chi connectivity index (χ2v) is 5.68. The molecule has 0 aliphatic rings. The molecule has 0 spiro atoms. The number of thiophene rings is 1. The zero-order valence-corrected chi connectivity index (χ0v) is 12.1. The van der Waals surface area contributed by atoms with Gasteiger partial charge in [0.25, 0.3) is 0 Å². The van der Waals surface area contributed by atoms with Crippen molar-refractivity contribution < 1.29 is 9.90 Å². The topological polar surface area (TPSA) is 37.3 Å². The van der Waals surface area contributed by atoms with Gasteiger partial charge in [-0.2, -0.15) is 0 Å². The van der Waals surface area contributed by atoms with Crippen molar-refractivity contribution in [1.29, 1.82) is 0 Å². The molecule has 0 radical (unpaired) electrons. The molecule has 0 saturated carbocycles. The van der Waals surface area contributed by atoms with E-state index in [1.807, 2.05) is 60.7 Å². The highest BCUT2D eigenvalue weighted by molar-refractivity contribution is 7.19. The van der Waals surface area contributed by atoms with E-state index in [4.69, 9.17) is 0 Å². The molecule has 3 aromatic rings. The van der Waals surface area contributed by atoms with Gasteiger partial charge in [-0.1, -0.05) is 60.7 Å². The Morgan fingerprint density at radius 3 is 1.86 bits per heavy atom. The van der Waals surface area contributed by atoms with E-state index in [2.05, 4.69) is 0 Å². The smallest absolute Gasteiger partial charge is 0.151 e. The van der Waals surface area contributed by atoms with Crippen molar-refractivity contribution in [2.24, 2.45) is 0 Å². The molecule has 2 nitrogen and oxygen atoms in total. The number of carbonyl (C=O) groups is 1. The van der Waals surface area contributed by atoms with Gasteiger partial charge in [-0.3, -0.25) is 4.79 Å². The lowest BCUT2D eigenvalue weighted by Gasteiger charge is -2.01. The van der Waals surface area contributed by atoms with Crippen molar-refractivity contribution in [2.45, 2.75) is 6.61 Å². The minimum atomic E-state index is -0.137. The van der Waals surface area contributed by atoms with E-state index in [0.717, 1.165) is 27.2 Å². The van der Waals surface area contributed by atoms with Gasteiger partial charge in [-0.25, -0.2) is 0 Å². The predicted octanol–water partition coefficient (Wildman–Crippen LogP) is 4.39. The summed E-state index contributed by atoms with van der Waals surface area (Å²) >= 11 is 1.55. The first-order chi connectivity index (χ1) is 10.3. The van der Waals surface area contributed by atoms with Crippen LogP contribution in [-0.2, 0) is 6.61 Å². The molecule has 0 aliphatic heterocycles. The molecular formula is C18H14O2S. The maximum atomic E-state index is 11.5. The van der Waals surface area contributed by atoms with Crippen LogP contribution in [0.25, 0.3) is 20.9 Å². The third-order valence-electron chi connectivity index (χ3n) is 3.40. The van der Waals surface area contributed by atoms with Gasteiger partial charge in [-0.15, -0.1) is 11.3 Å². The van der Waals surface area contributed by atoms with E-state index < -0.39 is 0 Å². The summed E-state index contributed by atoms with van der Waals surface area (Å²) in [6.07, 6.45) is 0.844. The number of aldehydes is 1. The molecule has 1 heterocycles. The quantitative estimate of drug-likeness (QED) is 0.725. The molecule has 0 bridgehead atoms. The van der Waals surface area contributed by atoms with Crippen LogP contribution in [0.2, 0.25) is 0 Å². The molecule has 21 heavy (non-hydrogen) atoms. The number of benzene rings is 2. The Morgan fingerprint density at radius 1 is 0.857 bits per heavy atom. The molecule has 1 aromatic heterocycles. The molecule has 0 fully saturated rings. The summed E-state index contributed by atoms with van der Waals surface area (Å²) in [6, 6.07) is 19.7. The van der Waals surface area contributed by atoms with Crippen molar-refractivity contribution >= 4 is 17.6 Å². The normalized spacial score (nSPS) is 10.5. The van der Waals surface area contributed by atoms with E-state index in [0.29, 0.717) is 11.1 Å². The fourth-order valence-electron chi connectivity index (χ4n) is 2.39. The number of aliphatic hydroxyl groups excluding tert-OH is 1. The molecule has 0 aliphatic carbocycles. The minimum Gasteiger partial charge on any atom is -0.392 e. The van der Waals surface area contributed by atoms with E-state index in [1.165, 1.54) is 0 Å². The maximum Gasteiger partial charge on any atom is 0.151 e. The highest BCUT2D eigenvalue weighted by Crippen LogP contribution is 2.41. The SMILES string of the molecule is O=Cc1c(-c2ccccc2)sc(-c2ccccc2)c1CO. The third-order valence-corrected chi connectivity index (χ3v) is 4.74. The first-order valence-corrected chi connectivity index (χ1v) is 7.49. The van der Waals surface area contributed by atoms with Crippen molar-refractivity contribution in [3.05, 3.63) is 71.8 Å². The van der Waals surface area contributed by atoms with Crippen molar-refractivity contribution in [3.63, 3.8) is 0 Å². The van der Waals surface area contributed by atoms with Gasteiger partial charge < -0.3 is 5.11 Å². The van der Waals surface area contributed by atoms with Crippen LogP contribution in [0.5, 0.6) is 0 Å². The maximum absolute atomic E-state index is 11.5. The van der Waals surface area contributed by atoms with Crippen molar-refractivity contribution in [3.8, 4) is 20.9 Å². The van der Waals surface area contributed by atoms with Crippen LogP contribution >= 0.6 is 11.3 Å². The van der Waals surface area contributed by atoms with Crippen LogP contribution in [0.1, 0.15) is 15.9 Å². The summed E-state index contributed by atoms with van der Waals surface area (Å²) in [7, 11) is 0. The van der Waals surface area contributed by atoms with Gasteiger partial charge in [0.15, 0.2) is 6.29 Å². The molecule has 0 amide bonds. The summed E-state index contributed by atoms with van der Waals surface area (Å²) < 4.78 is 0. The molecule has 1 N–H and O–H groups in total. The lowest BCUT2D eigenvalue weighted by Crippen LogP contribution is -1.91. The molecule has 3 rings (SSSR count). The highest BCUT2D eigenvalue weighted by atomic mass is 32.1. The number of aliphatic hydroxyl groups is 1. The first kappa shape index (κ1) is 13.7. The van der Waals surface area contributed by atoms with Gasteiger partial charge in [0.05, 0.1) is 6.61 Å². The van der Waals surface area contributed by atoms with Crippen LogP contribution in [-0.4, -0.2) is 11.4 Å². The molecule has 2 aromatic carbocycles. The molecule has 3 heteroatoms. The number of hydrogen-bond acceptors (Lipinski definition) is 3. The Kier molecular flexibility index (Phi) is 3.95. The molecular weight excluding hydrogens is 280 g/mol. The molecule has 104 valence electrons. The fraction of sp³-hybridized carbons (Fsp3) is 0.0556. The van der Waals surface area contributed by atoms with Crippen LogP contribution in [0, 0.1) is 0 Å². The Labute approximate surface area is 127 Å². The van der Waals surface area contributed by atoms with Crippen molar-refractivity contribution in [1.82, 2.24) is 0 Å². The zero-order chi connectivity index (χ0) is 14.7. The second-order valence-electron chi connectivity index (χ2n) is 4.66. The number of rotatable bonds is 4. The van der Waals surface area contributed by atoms with Crippen molar-refractivity contribution in [2.75, 3.05) is 0 Å². The summed E-state index contributed by atoms with van der Waals surface area (Å²) in [6.45, 7) is -0.137. The number of hydrogen-bond donors (Lipinski definition) is 1. The van der Waals surface area contributed by atoms with Gasteiger partial charge in [0.1, 0.15) is 0 Å². The van der Waals surface area contributed by atoms with E-state index in [-0.39, 0.29) is 6.61 Å². The van der Waals surface area contributed by atoms with Gasteiger partial charge in [-0.05, 0) is 11.1 Å². The summed E-state index contributed by atoms with van der Waals surface area (Å²) in [4.78, 5) is 13.4. The largest absolute Gasteiger partial charge is 0.392 e. The predicted molar refractivity (Wildman–Crippen MR) is 86.5 cm³/mol. The summed E-state index contributed by atoms with van der Waals surface area (Å²) in [5, 5.41) is 9.70. The Hall–Kier alpha value is -2.23. The van der Waals surface area contributed by atoms with E-state index >= 15 is 0 Å². The molecule has 0 saturated heterocycles. The lowest BCUT2D eigenvalue weighted by atomic mass is 10.0. The third kappa shape index (κ3) is 2.53. The Balaban J connectivity index is 2.24. The average Bonchev–Trinajstić information content (AvgIpc) is 2.95.